The number of rotatable bonds is 6. The smallest absolute Gasteiger partial charge is 0.279 e. The molecule has 0 fully saturated rings. The Kier molecular flexibility index (Phi) is 5.20. The number of nitrogens with zero attached hydrogens (tertiary/aromatic N) is 2. The Hall–Kier alpha value is -4.13. The first-order valence-electron chi connectivity index (χ1n) is 9.02. The lowest BCUT2D eigenvalue weighted by Gasteiger charge is -2.09. The predicted octanol–water partition coefficient (Wildman–Crippen LogP) is 4.33. The van der Waals surface area contributed by atoms with Crippen molar-refractivity contribution in [3.63, 3.8) is 0 Å². The van der Waals surface area contributed by atoms with Crippen LogP contribution in [0.1, 0.15) is 0 Å². The van der Waals surface area contributed by atoms with Gasteiger partial charge in [0, 0.05) is 22.6 Å². The van der Waals surface area contributed by atoms with Gasteiger partial charge in [0.1, 0.15) is 5.75 Å². The quantitative estimate of drug-likeness (QED) is 0.458. The van der Waals surface area contributed by atoms with Gasteiger partial charge in [0.25, 0.3) is 5.56 Å². The molecule has 7 nitrogen and oxygen atoms in total. The number of benzene rings is 3. The van der Waals surface area contributed by atoms with Crippen molar-refractivity contribution in [2.24, 2.45) is 0 Å². The fourth-order valence-corrected chi connectivity index (χ4v) is 2.79. The van der Waals surface area contributed by atoms with Gasteiger partial charge in [-0.25, -0.2) is 0 Å². The van der Waals surface area contributed by atoms with Gasteiger partial charge in [-0.2, -0.15) is 0 Å². The summed E-state index contributed by atoms with van der Waals surface area (Å²) in [6.07, 6.45) is 0. The van der Waals surface area contributed by atoms with Gasteiger partial charge in [0.2, 0.25) is 5.95 Å². The molecular formula is C22H19N5O2. The van der Waals surface area contributed by atoms with E-state index in [-0.39, 0.29) is 17.2 Å². The molecule has 1 aromatic heterocycles. The van der Waals surface area contributed by atoms with E-state index in [4.69, 9.17) is 4.74 Å². The predicted molar refractivity (Wildman–Crippen MR) is 114 cm³/mol. The highest BCUT2D eigenvalue weighted by Gasteiger charge is 2.08. The number of hydrogen-bond acceptors (Lipinski definition) is 6. The molecule has 144 valence electrons. The second-order valence-corrected chi connectivity index (χ2v) is 6.27. The second kappa shape index (κ2) is 8.26. The highest BCUT2D eigenvalue weighted by molar-refractivity contribution is 5.64. The molecular weight excluding hydrogens is 366 g/mol. The molecule has 0 unspecified atom stereocenters. The van der Waals surface area contributed by atoms with Gasteiger partial charge < -0.3 is 15.4 Å². The summed E-state index contributed by atoms with van der Waals surface area (Å²) < 4.78 is 5.13. The first-order valence-corrected chi connectivity index (χ1v) is 9.02. The van der Waals surface area contributed by atoms with Crippen molar-refractivity contribution in [2.75, 3.05) is 17.7 Å². The minimum Gasteiger partial charge on any atom is -0.497 e. The first kappa shape index (κ1) is 18.2. The van der Waals surface area contributed by atoms with Crippen LogP contribution in [0.2, 0.25) is 0 Å². The molecule has 0 saturated heterocycles. The third kappa shape index (κ3) is 4.41. The Morgan fingerprint density at radius 1 is 0.759 bits per heavy atom. The summed E-state index contributed by atoms with van der Waals surface area (Å²) in [6.45, 7) is 0. The fraction of sp³-hybridized carbons (Fsp3) is 0.0455. The number of H-pyrrole nitrogens is 1. The van der Waals surface area contributed by atoms with Crippen LogP contribution in [0.4, 0.5) is 23.0 Å². The van der Waals surface area contributed by atoms with Crippen molar-refractivity contribution in [3.8, 4) is 17.0 Å². The van der Waals surface area contributed by atoms with Gasteiger partial charge in [0.05, 0.1) is 7.11 Å². The zero-order chi connectivity index (χ0) is 20.1. The van der Waals surface area contributed by atoms with Crippen LogP contribution in [0.25, 0.3) is 11.3 Å². The lowest BCUT2D eigenvalue weighted by atomic mass is 10.1. The first-order chi connectivity index (χ1) is 14.2. The van der Waals surface area contributed by atoms with E-state index in [0.29, 0.717) is 11.3 Å². The summed E-state index contributed by atoms with van der Waals surface area (Å²) in [5.41, 5.74) is 3.34. The van der Waals surface area contributed by atoms with E-state index in [1.807, 2.05) is 54.6 Å². The van der Waals surface area contributed by atoms with Crippen molar-refractivity contribution in [3.05, 3.63) is 89.2 Å². The van der Waals surface area contributed by atoms with E-state index in [1.165, 1.54) is 0 Å². The van der Waals surface area contributed by atoms with Crippen LogP contribution in [0.15, 0.2) is 83.7 Å². The number of hydrogen-bond donors (Lipinski definition) is 3. The van der Waals surface area contributed by atoms with E-state index in [9.17, 15) is 4.79 Å². The minimum absolute atomic E-state index is 0.251. The molecule has 0 aliphatic carbocycles. The lowest BCUT2D eigenvalue weighted by molar-refractivity contribution is 0.415. The standard InChI is InChI=1S/C22H19N5O2/c1-29-19-13-7-15(8-14-19)20-21(28)25-22(27-26-20)24-18-11-9-17(10-12-18)23-16-5-3-2-4-6-16/h2-14,23H,1H3,(H2,24,25,27,28). The molecule has 3 N–H and O–H groups in total. The van der Waals surface area contributed by atoms with Gasteiger partial charge in [-0.1, -0.05) is 18.2 Å². The summed E-state index contributed by atoms with van der Waals surface area (Å²) in [5, 5.41) is 14.5. The average Bonchev–Trinajstić information content (AvgIpc) is 2.76. The molecule has 0 aliphatic rings. The molecule has 0 aliphatic heterocycles. The number of nitrogens with one attached hydrogen (secondary N) is 3. The zero-order valence-electron chi connectivity index (χ0n) is 15.7. The molecule has 0 atom stereocenters. The molecule has 3 aromatic carbocycles. The normalized spacial score (nSPS) is 10.4. The van der Waals surface area contributed by atoms with Crippen LogP contribution in [-0.2, 0) is 0 Å². The Morgan fingerprint density at radius 2 is 1.38 bits per heavy atom. The van der Waals surface area contributed by atoms with E-state index in [0.717, 1.165) is 17.1 Å². The summed E-state index contributed by atoms with van der Waals surface area (Å²) in [5.74, 6) is 0.984. The van der Waals surface area contributed by atoms with Crippen LogP contribution in [0.5, 0.6) is 5.75 Å². The number of ether oxygens (including phenoxy) is 1. The van der Waals surface area contributed by atoms with Crippen LogP contribution >= 0.6 is 0 Å². The van der Waals surface area contributed by atoms with Crippen molar-refractivity contribution >= 4 is 23.0 Å². The molecule has 0 bridgehead atoms. The van der Waals surface area contributed by atoms with E-state index < -0.39 is 0 Å². The van der Waals surface area contributed by atoms with Gasteiger partial charge in [-0.05, 0) is 60.7 Å². The Labute approximate surface area is 167 Å². The molecule has 0 radical (unpaired) electrons. The molecule has 0 amide bonds. The fourth-order valence-electron chi connectivity index (χ4n) is 2.79. The zero-order valence-corrected chi connectivity index (χ0v) is 15.7. The molecule has 4 rings (SSSR count). The van der Waals surface area contributed by atoms with Crippen LogP contribution < -0.4 is 20.9 Å². The second-order valence-electron chi connectivity index (χ2n) is 6.27. The number of aromatic nitrogens is 3. The van der Waals surface area contributed by atoms with Gasteiger partial charge >= 0.3 is 0 Å². The van der Waals surface area contributed by atoms with Crippen molar-refractivity contribution in [1.29, 1.82) is 0 Å². The van der Waals surface area contributed by atoms with Gasteiger partial charge in [-0.3, -0.25) is 9.78 Å². The number of aromatic amines is 1. The molecule has 7 heteroatoms. The third-order valence-corrected chi connectivity index (χ3v) is 4.27. The van der Waals surface area contributed by atoms with Crippen molar-refractivity contribution in [1.82, 2.24) is 15.2 Å². The molecule has 29 heavy (non-hydrogen) atoms. The third-order valence-electron chi connectivity index (χ3n) is 4.27. The maximum atomic E-state index is 12.4. The maximum absolute atomic E-state index is 12.4. The van der Waals surface area contributed by atoms with Crippen LogP contribution in [0.3, 0.4) is 0 Å². The highest BCUT2D eigenvalue weighted by Crippen LogP contribution is 2.21. The number of methoxy groups -OCH3 is 1. The van der Waals surface area contributed by atoms with Crippen molar-refractivity contribution < 1.29 is 4.74 Å². The molecule has 0 spiro atoms. The van der Waals surface area contributed by atoms with Gasteiger partial charge in [-0.15, -0.1) is 10.2 Å². The highest BCUT2D eigenvalue weighted by atomic mass is 16.5. The summed E-state index contributed by atoms with van der Waals surface area (Å²) in [7, 11) is 1.59. The van der Waals surface area contributed by atoms with Crippen LogP contribution in [-0.4, -0.2) is 22.3 Å². The van der Waals surface area contributed by atoms with E-state index >= 15 is 0 Å². The average molecular weight is 385 g/mol. The molecule has 4 aromatic rings. The number of para-hydroxylation sites is 1. The minimum atomic E-state index is -0.324. The summed E-state index contributed by atoms with van der Waals surface area (Å²) >= 11 is 0. The van der Waals surface area contributed by atoms with Crippen LogP contribution in [0, 0.1) is 0 Å². The van der Waals surface area contributed by atoms with E-state index in [1.54, 1.807) is 31.4 Å². The largest absolute Gasteiger partial charge is 0.497 e. The molecule has 0 saturated carbocycles. The topological polar surface area (TPSA) is 91.9 Å². The van der Waals surface area contributed by atoms with Crippen molar-refractivity contribution in [2.45, 2.75) is 0 Å². The maximum Gasteiger partial charge on any atom is 0.279 e. The Balaban J connectivity index is 1.46. The SMILES string of the molecule is COc1ccc(-c2nnc(Nc3ccc(Nc4ccccc4)cc3)[nH]c2=O)cc1. The Morgan fingerprint density at radius 3 is 2.00 bits per heavy atom. The number of anilines is 4. The van der Waals surface area contributed by atoms with E-state index in [2.05, 4.69) is 25.8 Å². The lowest BCUT2D eigenvalue weighted by Crippen LogP contribution is -2.15. The summed E-state index contributed by atoms with van der Waals surface area (Å²) in [6, 6.07) is 24.7. The Bertz CT molecular complexity index is 1140. The molecule has 1 heterocycles. The monoisotopic (exact) mass is 385 g/mol. The summed E-state index contributed by atoms with van der Waals surface area (Å²) in [4.78, 5) is 15.1. The van der Waals surface area contributed by atoms with Gasteiger partial charge in [0.15, 0.2) is 5.69 Å².